The van der Waals surface area contributed by atoms with Crippen molar-refractivity contribution in [2.75, 3.05) is 39.3 Å². The van der Waals surface area contributed by atoms with Crippen LogP contribution < -0.4 is 5.32 Å². The van der Waals surface area contributed by atoms with Crippen molar-refractivity contribution in [1.82, 2.24) is 15.1 Å². The number of amides is 1. The van der Waals surface area contributed by atoms with Gasteiger partial charge in [-0.3, -0.25) is 19.4 Å². The van der Waals surface area contributed by atoms with E-state index in [1.807, 2.05) is 48.5 Å². The number of carbonyl (C=O) groups is 2. The van der Waals surface area contributed by atoms with Gasteiger partial charge in [0.2, 0.25) is 5.91 Å². The standard InChI is InChI=1S/C25H31N3O2/c1-21(29)24(19-23-11-6-3-7-12-23)26-25(30)20-28-17-15-27(16-18-28)14-8-13-22-9-4-2-5-10-22/h2-13,24H,14-20H2,1H3,(H,26,30)/b13-8+. The smallest absolute Gasteiger partial charge is 0.234 e. The Morgan fingerprint density at radius 1 is 0.933 bits per heavy atom. The van der Waals surface area contributed by atoms with Crippen LogP contribution in [0.5, 0.6) is 0 Å². The number of rotatable bonds is 9. The van der Waals surface area contributed by atoms with Crippen molar-refractivity contribution in [3.05, 3.63) is 77.9 Å². The molecule has 1 unspecified atom stereocenters. The van der Waals surface area contributed by atoms with Gasteiger partial charge in [-0.15, -0.1) is 0 Å². The average molecular weight is 406 g/mol. The highest BCUT2D eigenvalue weighted by Gasteiger charge is 2.21. The molecule has 0 bridgehead atoms. The second-order valence-electron chi connectivity index (χ2n) is 7.81. The average Bonchev–Trinajstić information content (AvgIpc) is 2.76. The predicted molar refractivity (Wildman–Crippen MR) is 121 cm³/mol. The highest BCUT2D eigenvalue weighted by atomic mass is 16.2. The minimum absolute atomic E-state index is 0.0118. The molecule has 2 aromatic carbocycles. The summed E-state index contributed by atoms with van der Waals surface area (Å²) in [5, 5.41) is 2.92. The summed E-state index contributed by atoms with van der Waals surface area (Å²) in [7, 11) is 0. The van der Waals surface area contributed by atoms with Gasteiger partial charge >= 0.3 is 0 Å². The summed E-state index contributed by atoms with van der Waals surface area (Å²) in [4.78, 5) is 29.0. The molecule has 1 N–H and O–H groups in total. The molecule has 1 aliphatic heterocycles. The van der Waals surface area contributed by atoms with Crippen LogP contribution in [0.3, 0.4) is 0 Å². The lowest BCUT2D eigenvalue weighted by molar-refractivity contribution is -0.127. The summed E-state index contributed by atoms with van der Waals surface area (Å²) in [6.45, 7) is 6.38. The molecule has 5 heteroatoms. The molecule has 1 fully saturated rings. The monoisotopic (exact) mass is 405 g/mol. The van der Waals surface area contributed by atoms with Crippen LogP contribution in [-0.4, -0.2) is 66.8 Å². The molecule has 0 saturated carbocycles. The second-order valence-corrected chi connectivity index (χ2v) is 7.81. The largest absolute Gasteiger partial charge is 0.345 e. The van der Waals surface area contributed by atoms with E-state index in [1.165, 1.54) is 12.5 Å². The van der Waals surface area contributed by atoms with Gasteiger partial charge < -0.3 is 5.32 Å². The van der Waals surface area contributed by atoms with Crippen LogP contribution in [-0.2, 0) is 16.0 Å². The van der Waals surface area contributed by atoms with E-state index in [4.69, 9.17) is 0 Å². The van der Waals surface area contributed by atoms with Crippen LogP contribution in [0, 0.1) is 0 Å². The van der Waals surface area contributed by atoms with Crippen molar-refractivity contribution in [3.63, 3.8) is 0 Å². The summed E-state index contributed by atoms with van der Waals surface area (Å²) in [6, 6.07) is 19.6. The molecular formula is C25H31N3O2. The van der Waals surface area contributed by atoms with Crippen molar-refractivity contribution in [2.24, 2.45) is 0 Å². The number of hydrogen-bond acceptors (Lipinski definition) is 4. The highest BCUT2D eigenvalue weighted by molar-refractivity contribution is 5.88. The highest BCUT2D eigenvalue weighted by Crippen LogP contribution is 2.06. The number of ketones is 1. The van der Waals surface area contributed by atoms with E-state index in [2.05, 4.69) is 39.4 Å². The lowest BCUT2D eigenvalue weighted by atomic mass is 10.0. The zero-order valence-electron chi connectivity index (χ0n) is 17.7. The number of nitrogens with zero attached hydrogens (tertiary/aromatic N) is 2. The summed E-state index contributed by atoms with van der Waals surface area (Å²) in [5.74, 6) is -0.0919. The molecule has 2 aromatic rings. The molecule has 0 aromatic heterocycles. The van der Waals surface area contributed by atoms with Crippen LogP contribution in [0.25, 0.3) is 6.08 Å². The molecule has 1 heterocycles. The summed E-state index contributed by atoms with van der Waals surface area (Å²) in [5.41, 5.74) is 2.26. The van der Waals surface area contributed by atoms with E-state index in [0.29, 0.717) is 13.0 Å². The lowest BCUT2D eigenvalue weighted by Gasteiger charge is -2.33. The first-order chi connectivity index (χ1) is 14.6. The molecule has 3 rings (SSSR count). The summed E-state index contributed by atoms with van der Waals surface area (Å²) in [6.07, 6.45) is 4.87. The maximum absolute atomic E-state index is 12.5. The van der Waals surface area contributed by atoms with Crippen LogP contribution >= 0.6 is 0 Å². The van der Waals surface area contributed by atoms with Crippen LogP contribution in [0.4, 0.5) is 0 Å². The Morgan fingerprint density at radius 2 is 1.53 bits per heavy atom. The zero-order valence-corrected chi connectivity index (χ0v) is 17.7. The lowest BCUT2D eigenvalue weighted by Crippen LogP contribution is -2.51. The van der Waals surface area contributed by atoms with E-state index in [0.717, 1.165) is 38.3 Å². The second kappa shape index (κ2) is 11.4. The Hall–Kier alpha value is -2.76. The number of carbonyl (C=O) groups excluding carboxylic acids is 2. The molecule has 1 atom stereocenters. The topological polar surface area (TPSA) is 52.7 Å². The molecule has 30 heavy (non-hydrogen) atoms. The van der Waals surface area contributed by atoms with E-state index >= 15 is 0 Å². The molecule has 158 valence electrons. The van der Waals surface area contributed by atoms with Gasteiger partial charge in [-0.2, -0.15) is 0 Å². The van der Waals surface area contributed by atoms with Crippen molar-refractivity contribution in [2.45, 2.75) is 19.4 Å². The fourth-order valence-electron chi connectivity index (χ4n) is 3.62. The Balaban J connectivity index is 1.39. The summed E-state index contributed by atoms with van der Waals surface area (Å²) < 4.78 is 0. The Labute approximate surface area is 179 Å². The zero-order chi connectivity index (χ0) is 21.2. The maximum atomic E-state index is 12.5. The Bertz CT molecular complexity index is 828. The van der Waals surface area contributed by atoms with Gasteiger partial charge in [0, 0.05) is 32.7 Å². The van der Waals surface area contributed by atoms with Gasteiger partial charge in [0.05, 0.1) is 12.6 Å². The third-order valence-electron chi connectivity index (χ3n) is 5.41. The Morgan fingerprint density at radius 3 is 2.17 bits per heavy atom. The van der Waals surface area contributed by atoms with E-state index in [-0.39, 0.29) is 11.7 Å². The third kappa shape index (κ3) is 7.25. The molecule has 0 radical (unpaired) electrons. The van der Waals surface area contributed by atoms with E-state index in [9.17, 15) is 9.59 Å². The molecular weight excluding hydrogens is 374 g/mol. The van der Waals surface area contributed by atoms with Crippen molar-refractivity contribution < 1.29 is 9.59 Å². The van der Waals surface area contributed by atoms with Gasteiger partial charge in [-0.25, -0.2) is 0 Å². The first kappa shape index (κ1) is 21.9. The minimum Gasteiger partial charge on any atom is -0.345 e. The number of nitrogens with one attached hydrogen (secondary N) is 1. The quantitative estimate of drug-likeness (QED) is 0.697. The van der Waals surface area contributed by atoms with Crippen LogP contribution in [0.15, 0.2) is 66.7 Å². The van der Waals surface area contributed by atoms with Crippen LogP contribution in [0.2, 0.25) is 0 Å². The van der Waals surface area contributed by atoms with Gasteiger partial charge in [0.15, 0.2) is 5.78 Å². The molecule has 0 spiro atoms. The first-order valence-corrected chi connectivity index (χ1v) is 10.6. The molecule has 1 amide bonds. The molecule has 5 nitrogen and oxygen atoms in total. The third-order valence-corrected chi connectivity index (χ3v) is 5.41. The maximum Gasteiger partial charge on any atom is 0.234 e. The number of Topliss-reactive ketones (excluding diaryl/α,β-unsaturated/α-hetero) is 1. The van der Waals surface area contributed by atoms with Gasteiger partial charge in [0.25, 0.3) is 0 Å². The SMILES string of the molecule is CC(=O)C(Cc1ccccc1)NC(=O)CN1CCN(C/C=C/c2ccccc2)CC1. The van der Waals surface area contributed by atoms with Gasteiger partial charge in [0.1, 0.15) is 0 Å². The first-order valence-electron chi connectivity index (χ1n) is 10.6. The van der Waals surface area contributed by atoms with Crippen molar-refractivity contribution in [1.29, 1.82) is 0 Å². The normalized spacial score (nSPS) is 16.4. The van der Waals surface area contributed by atoms with Gasteiger partial charge in [-0.05, 0) is 24.5 Å². The summed E-state index contributed by atoms with van der Waals surface area (Å²) >= 11 is 0. The van der Waals surface area contributed by atoms with E-state index < -0.39 is 6.04 Å². The van der Waals surface area contributed by atoms with Crippen LogP contribution in [0.1, 0.15) is 18.1 Å². The Kier molecular flexibility index (Phi) is 8.36. The fourth-order valence-corrected chi connectivity index (χ4v) is 3.62. The van der Waals surface area contributed by atoms with Crippen molar-refractivity contribution in [3.8, 4) is 0 Å². The van der Waals surface area contributed by atoms with Gasteiger partial charge in [-0.1, -0.05) is 72.8 Å². The molecule has 1 saturated heterocycles. The fraction of sp³-hybridized carbons (Fsp3) is 0.360. The minimum atomic E-state index is -0.468. The molecule has 0 aliphatic carbocycles. The number of hydrogen-bond donors (Lipinski definition) is 1. The van der Waals surface area contributed by atoms with E-state index in [1.54, 1.807) is 0 Å². The number of benzene rings is 2. The molecule has 1 aliphatic rings. The van der Waals surface area contributed by atoms with Crippen molar-refractivity contribution >= 4 is 17.8 Å². The predicted octanol–water partition coefficient (Wildman–Crippen LogP) is 2.63. The number of piperazine rings is 1.